The van der Waals surface area contributed by atoms with E-state index in [1.807, 2.05) is 0 Å². The van der Waals surface area contributed by atoms with Crippen molar-refractivity contribution in [2.24, 2.45) is 0 Å². The third kappa shape index (κ3) is 2.98. The summed E-state index contributed by atoms with van der Waals surface area (Å²) in [6, 6.07) is 8.12. The molecule has 0 aliphatic rings. The lowest BCUT2D eigenvalue weighted by Gasteiger charge is -2.09. The van der Waals surface area contributed by atoms with Crippen LogP contribution in [0.5, 0.6) is 5.75 Å². The topological polar surface area (TPSA) is 32.3 Å². The number of phenolic OH excluding ortho intramolecular Hbond substituents is 1. The van der Waals surface area contributed by atoms with Crippen LogP contribution in [0.15, 0.2) is 40.9 Å². The Kier molecular flexibility index (Phi) is 3.81. The number of aromatic hydroxyl groups is 1. The van der Waals surface area contributed by atoms with Crippen molar-refractivity contribution in [3.8, 4) is 5.75 Å². The standard InChI is InChI=1S/C13H10BrF2NO/c14-9-1-3-11(16)12(6-9)17-7-8-5-10(15)2-4-13(8)18/h1-6,17-18H,7H2. The van der Waals surface area contributed by atoms with Crippen molar-refractivity contribution in [1.29, 1.82) is 0 Å². The molecule has 2 aromatic carbocycles. The first-order valence-electron chi connectivity index (χ1n) is 5.22. The zero-order valence-corrected chi connectivity index (χ0v) is 10.8. The van der Waals surface area contributed by atoms with Crippen molar-refractivity contribution >= 4 is 21.6 Å². The number of anilines is 1. The van der Waals surface area contributed by atoms with Crippen LogP contribution in [0, 0.1) is 11.6 Å². The highest BCUT2D eigenvalue weighted by Gasteiger charge is 2.06. The van der Waals surface area contributed by atoms with E-state index in [1.165, 1.54) is 24.3 Å². The van der Waals surface area contributed by atoms with Gasteiger partial charge in [-0.2, -0.15) is 0 Å². The highest BCUT2D eigenvalue weighted by molar-refractivity contribution is 9.10. The summed E-state index contributed by atoms with van der Waals surface area (Å²) in [5.41, 5.74) is 0.655. The monoisotopic (exact) mass is 313 g/mol. The molecule has 0 heterocycles. The molecule has 2 nitrogen and oxygen atoms in total. The van der Waals surface area contributed by atoms with E-state index in [0.29, 0.717) is 5.56 Å². The van der Waals surface area contributed by atoms with E-state index in [-0.39, 0.29) is 18.0 Å². The molecule has 2 aromatic rings. The zero-order chi connectivity index (χ0) is 13.1. The van der Waals surface area contributed by atoms with Gasteiger partial charge < -0.3 is 10.4 Å². The van der Waals surface area contributed by atoms with Crippen LogP contribution in [0.25, 0.3) is 0 Å². The lowest BCUT2D eigenvalue weighted by atomic mass is 10.2. The van der Waals surface area contributed by atoms with Gasteiger partial charge in [0.15, 0.2) is 0 Å². The van der Waals surface area contributed by atoms with Crippen LogP contribution in [0.3, 0.4) is 0 Å². The number of nitrogens with one attached hydrogen (secondary N) is 1. The van der Waals surface area contributed by atoms with Gasteiger partial charge >= 0.3 is 0 Å². The number of phenols is 1. The minimum Gasteiger partial charge on any atom is -0.508 e. The Morgan fingerprint density at radius 2 is 1.89 bits per heavy atom. The Morgan fingerprint density at radius 1 is 1.11 bits per heavy atom. The smallest absolute Gasteiger partial charge is 0.146 e. The van der Waals surface area contributed by atoms with Crippen LogP contribution in [-0.4, -0.2) is 5.11 Å². The van der Waals surface area contributed by atoms with E-state index in [1.54, 1.807) is 12.1 Å². The highest BCUT2D eigenvalue weighted by atomic mass is 79.9. The normalized spacial score (nSPS) is 10.4. The van der Waals surface area contributed by atoms with Crippen LogP contribution in [-0.2, 0) is 6.54 Å². The summed E-state index contributed by atoms with van der Waals surface area (Å²) < 4.78 is 27.2. The van der Waals surface area contributed by atoms with E-state index in [2.05, 4.69) is 21.2 Å². The Morgan fingerprint density at radius 3 is 2.67 bits per heavy atom. The second kappa shape index (κ2) is 5.35. The molecule has 5 heteroatoms. The highest BCUT2D eigenvalue weighted by Crippen LogP contribution is 2.23. The third-order valence-corrected chi connectivity index (χ3v) is 2.93. The number of benzene rings is 2. The van der Waals surface area contributed by atoms with E-state index >= 15 is 0 Å². The summed E-state index contributed by atoms with van der Waals surface area (Å²) in [6.07, 6.45) is 0. The minimum atomic E-state index is -0.445. The molecule has 18 heavy (non-hydrogen) atoms. The van der Waals surface area contributed by atoms with Gasteiger partial charge in [-0.25, -0.2) is 8.78 Å². The van der Waals surface area contributed by atoms with E-state index in [0.717, 1.165) is 4.47 Å². The fourth-order valence-electron chi connectivity index (χ4n) is 1.52. The van der Waals surface area contributed by atoms with Crippen LogP contribution in [0.1, 0.15) is 5.56 Å². The van der Waals surface area contributed by atoms with Gasteiger partial charge in [0.1, 0.15) is 17.4 Å². The quantitative estimate of drug-likeness (QED) is 0.896. The van der Waals surface area contributed by atoms with Crippen LogP contribution in [0.2, 0.25) is 0 Å². The molecule has 0 fully saturated rings. The molecule has 0 aliphatic carbocycles. The van der Waals surface area contributed by atoms with Crippen LogP contribution >= 0.6 is 15.9 Å². The van der Waals surface area contributed by atoms with Gasteiger partial charge in [-0.1, -0.05) is 15.9 Å². The second-order valence-corrected chi connectivity index (χ2v) is 4.67. The maximum absolute atomic E-state index is 13.4. The molecule has 0 radical (unpaired) electrons. The largest absolute Gasteiger partial charge is 0.508 e. The molecule has 0 aromatic heterocycles. The van der Waals surface area contributed by atoms with Gasteiger partial charge in [-0.3, -0.25) is 0 Å². The fraction of sp³-hybridized carbons (Fsp3) is 0.0769. The van der Waals surface area contributed by atoms with Crippen molar-refractivity contribution in [3.63, 3.8) is 0 Å². The zero-order valence-electron chi connectivity index (χ0n) is 9.25. The molecule has 0 saturated carbocycles. The Bertz CT molecular complexity index is 523. The number of rotatable bonds is 3. The molecule has 2 rings (SSSR count). The number of hydrogen-bond acceptors (Lipinski definition) is 2. The summed E-state index contributed by atoms with van der Waals surface area (Å²) in [5, 5.41) is 12.3. The molecule has 0 amide bonds. The minimum absolute atomic E-state index is 0.0284. The Balaban J connectivity index is 2.16. The van der Waals surface area contributed by atoms with Crippen molar-refractivity contribution < 1.29 is 13.9 Å². The molecule has 0 unspecified atom stereocenters. The molecule has 2 N–H and O–H groups in total. The summed E-state index contributed by atoms with van der Waals surface area (Å²) in [4.78, 5) is 0. The molecule has 0 spiro atoms. The molecule has 0 aliphatic heterocycles. The SMILES string of the molecule is Oc1ccc(F)cc1CNc1cc(Br)ccc1F. The fourth-order valence-corrected chi connectivity index (χ4v) is 1.88. The van der Waals surface area contributed by atoms with Crippen molar-refractivity contribution in [2.45, 2.75) is 6.54 Å². The lowest BCUT2D eigenvalue weighted by Crippen LogP contribution is -2.02. The van der Waals surface area contributed by atoms with Gasteiger partial charge in [0, 0.05) is 16.6 Å². The Labute approximate surface area is 111 Å². The van der Waals surface area contributed by atoms with E-state index < -0.39 is 11.6 Å². The van der Waals surface area contributed by atoms with Gasteiger partial charge in [0.2, 0.25) is 0 Å². The van der Waals surface area contributed by atoms with Gasteiger partial charge in [0.25, 0.3) is 0 Å². The molecular formula is C13H10BrF2NO. The van der Waals surface area contributed by atoms with Crippen LogP contribution < -0.4 is 5.32 Å². The average Bonchev–Trinajstić information content (AvgIpc) is 2.34. The van der Waals surface area contributed by atoms with Gasteiger partial charge in [-0.15, -0.1) is 0 Å². The molecular weight excluding hydrogens is 304 g/mol. The summed E-state index contributed by atoms with van der Waals surface area (Å²) in [5.74, 6) is -0.882. The predicted octanol–water partition coefficient (Wildman–Crippen LogP) is 4.05. The molecule has 0 saturated heterocycles. The second-order valence-electron chi connectivity index (χ2n) is 3.75. The van der Waals surface area contributed by atoms with E-state index in [4.69, 9.17) is 0 Å². The maximum Gasteiger partial charge on any atom is 0.146 e. The predicted molar refractivity (Wildman–Crippen MR) is 69.5 cm³/mol. The van der Waals surface area contributed by atoms with Gasteiger partial charge in [0.05, 0.1) is 5.69 Å². The van der Waals surface area contributed by atoms with Crippen LogP contribution in [0.4, 0.5) is 14.5 Å². The summed E-state index contributed by atoms with van der Waals surface area (Å²) >= 11 is 3.23. The first-order valence-corrected chi connectivity index (χ1v) is 6.02. The molecule has 0 atom stereocenters. The first kappa shape index (κ1) is 12.8. The molecule has 0 bridgehead atoms. The Hall–Kier alpha value is -1.62. The molecule has 94 valence electrons. The van der Waals surface area contributed by atoms with Gasteiger partial charge in [-0.05, 0) is 36.4 Å². The maximum atomic E-state index is 13.4. The lowest BCUT2D eigenvalue weighted by molar-refractivity contribution is 0.466. The summed E-state index contributed by atoms with van der Waals surface area (Å²) in [6.45, 7) is 0.136. The summed E-state index contributed by atoms with van der Waals surface area (Å²) in [7, 11) is 0. The first-order chi connectivity index (χ1) is 8.56. The number of hydrogen-bond donors (Lipinski definition) is 2. The van der Waals surface area contributed by atoms with E-state index in [9.17, 15) is 13.9 Å². The average molecular weight is 314 g/mol. The number of halogens is 3. The van der Waals surface area contributed by atoms with Crippen molar-refractivity contribution in [3.05, 3.63) is 58.1 Å². The van der Waals surface area contributed by atoms with Crippen molar-refractivity contribution in [1.82, 2.24) is 0 Å². The third-order valence-electron chi connectivity index (χ3n) is 2.44. The van der Waals surface area contributed by atoms with Crippen molar-refractivity contribution in [2.75, 3.05) is 5.32 Å².